The standard InChI is InChI=1S/C28H32F3N5O3/c1-18(19-3-2-4-20(26(19)29)27(30)31)34-22-5-8-32-23-16-33-24(15-21(22)23)28(38)6-9-36(10-7-28)25(37)17-35-11-13-39-14-12-35/h2-5,8,15-16,18,27,38H,6-7,9-14,17H2,1H3,(H,32,34)/t18-/m1/s1. The Morgan fingerprint density at radius 1 is 1.13 bits per heavy atom. The molecule has 0 unspecified atom stereocenters. The Morgan fingerprint density at radius 2 is 1.85 bits per heavy atom. The molecule has 5 rings (SSSR count). The number of fused-ring (bicyclic) bond motifs is 1. The molecule has 2 aliphatic heterocycles. The van der Waals surface area contributed by atoms with Crippen LogP contribution in [0.3, 0.4) is 0 Å². The lowest BCUT2D eigenvalue weighted by Crippen LogP contribution is -2.50. The Kier molecular flexibility index (Phi) is 8.01. The molecule has 39 heavy (non-hydrogen) atoms. The number of carbonyl (C=O) groups is 1. The van der Waals surface area contributed by atoms with Gasteiger partial charge in [0.15, 0.2) is 0 Å². The molecule has 1 amide bonds. The van der Waals surface area contributed by atoms with E-state index in [9.17, 15) is 23.1 Å². The van der Waals surface area contributed by atoms with Crippen molar-refractivity contribution in [1.29, 1.82) is 0 Å². The number of aliphatic hydroxyl groups is 1. The third-order valence-corrected chi connectivity index (χ3v) is 7.64. The van der Waals surface area contributed by atoms with Gasteiger partial charge in [0.1, 0.15) is 11.4 Å². The first kappa shape index (κ1) is 27.3. The molecule has 1 atom stereocenters. The predicted molar refractivity (Wildman–Crippen MR) is 140 cm³/mol. The van der Waals surface area contributed by atoms with Gasteiger partial charge in [0.05, 0.1) is 48.8 Å². The normalized spacial score (nSPS) is 18.9. The second-order valence-corrected chi connectivity index (χ2v) is 10.2. The van der Waals surface area contributed by atoms with Gasteiger partial charge in [-0.25, -0.2) is 13.2 Å². The summed E-state index contributed by atoms with van der Waals surface area (Å²) in [6.45, 7) is 5.58. The molecule has 2 aromatic heterocycles. The van der Waals surface area contributed by atoms with E-state index in [0.29, 0.717) is 68.0 Å². The highest BCUT2D eigenvalue weighted by atomic mass is 19.3. The van der Waals surface area contributed by atoms with Crippen molar-refractivity contribution in [2.75, 3.05) is 51.3 Å². The van der Waals surface area contributed by atoms with Crippen molar-refractivity contribution in [3.05, 3.63) is 65.4 Å². The fourth-order valence-corrected chi connectivity index (χ4v) is 5.24. The minimum Gasteiger partial charge on any atom is -0.383 e. The molecule has 0 saturated carbocycles. The molecule has 0 radical (unpaired) electrons. The van der Waals surface area contributed by atoms with E-state index in [-0.39, 0.29) is 11.5 Å². The summed E-state index contributed by atoms with van der Waals surface area (Å²) >= 11 is 0. The number of anilines is 1. The van der Waals surface area contributed by atoms with E-state index in [1.807, 2.05) is 0 Å². The number of benzene rings is 1. The molecule has 208 valence electrons. The van der Waals surface area contributed by atoms with E-state index in [2.05, 4.69) is 20.2 Å². The molecule has 2 fully saturated rings. The van der Waals surface area contributed by atoms with E-state index >= 15 is 0 Å². The summed E-state index contributed by atoms with van der Waals surface area (Å²) in [5.41, 5.74) is -0.0894. The number of amides is 1. The van der Waals surface area contributed by atoms with Crippen molar-refractivity contribution < 1.29 is 27.8 Å². The lowest BCUT2D eigenvalue weighted by Gasteiger charge is -2.39. The summed E-state index contributed by atoms with van der Waals surface area (Å²) in [7, 11) is 0. The van der Waals surface area contributed by atoms with Gasteiger partial charge in [0.2, 0.25) is 5.91 Å². The van der Waals surface area contributed by atoms with Crippen LogP contribution in [0.2, 0.25) is 0 Å². The molecule has 0 bridgehead atoms. The van der Waals surface area contributed by atoms with Crippen molar-refractivity contribution in [3.8, 4) is 0 Å². The zero-order chi connectivity index (χ0) is 27.6. The van der Waals surface area contributed by atoms with Gasteiger partial charge >= 0.3 is 0 Å². The number of pyridine rings is 2. The summed E-state index contributed by atoms with van der Waals surface area (Å²) in [5.74, 6) is -0.893. The van der Waals surface area contributed by atoms with Crippen LogP contribution >= 0.6 is 0 Å². The molecular weight excluding hydrogens is 511 g/mol. The maximum absolute atomic E-state index is 14.8. The van der Waals surface area contributed by atoms with Gasteiger partial charge in [-0.2, -0.15) is 0 Å². The van der Waals surface area contributed by atoms with Crippen LogP contribution in [-0.2, 0) is 15.1 Å². The largest absolute Gasteiger partial charge is 0.383 e. The van der Waals surface area contributed by atoms with Gasteiger partial charge in [0.25, 0.3) is 6.43 Å². The van der Waals surface area contributed by atoms with Crippen LogP contribution in [0.15, 0.2) is 42.7 Å². The number of hydrogen-bond acceptors (Lipinski definition) is 7. The molecule has 2 aliphatic rings. The predicted octanol–water partition coefficient (Wildman–Crippen LogP) is 4.02. The molecule has 8 nitrogen and oxygen atoms in total. The number of hydrogen-bond donors (Lipinski definition) is 2. The smallest absolute Gasteiger partial charge is 0.266 e. The van der Waals surface area contributed by atoms with Crippen molar-refractivity contribution in [1.82, 2.24) is 19.8 Å². The summed E-state index contributed by atoms with van der Waals surface area (Å²) in [6, 6.07) is 6.83. The molecule has 2 N–H and O–H groups in total. The van der Waals surface area contributed by atoms with Gasteiger partial charge in [-0.15, -0.1) is 0 Å². The second kappa shape index (κ2) is 11.4. The number of alkyl halides is 2. The Morgan fingerprint density at radius 3 is 2.56 bits per heavy atom. The Labute approximate surface area is 224 Å². The van der Waals surface area contributed by atoms with Crippen LogP contribution in [0.1, 0.15) is 49.1 Å². The van der Waals surface area contributed by atoms with Crippen molar-refractivity contribution >= 4 is 22.5 Å². The van der Waals surface area contributed by atoms with Gasteiger partial charge < -0.3 is 20.1 Å². The SMILES string of the molecule is C[C@@H](Nc1ccnc2cnc(C3(O)CCN(C(=O)CN4CCOCC4)CC3)cc12)c1cccc(C(F)F)c1F. The highest BCUT2D eigenvalue weighted by molar-refractivity contribution is 5.91. The third kappa shape index (κ3) is 5.85. The quantitative estimate of drug-likeness (QED) is 0.465. The molecule has 4 heterocycles. The lowest BCUT2D eigenvalue weighted by molar-refractivity contribution is -0.138. The molecule has 0 aliphatic carbocycles. The average Bonchev–Trinajstić information content (AvgIpc) is 2.94. The van der Waals surface area contributed by atoms with Crippen LogP contribution in [0, 0.1) is 5.82 Å². The number of ether oxygens (including phenoxy) is 1. The lowest BCUT2D eigenvalue weighted by atomic mass is 9.87. The summed E-state index contributed by atoms with van der Waals surface area (Å²) in [4.78, 5) is 25.5. The highest BCUT2D eigenvalue weighted by Gasteiger charge is 2.37. The molecule has 11 heteroatoms. The number of aromatic nitrogens is 2. The number of nitrogens with zero attached hydrogens (tertiary/aromatic N) is 4. The zero-order valence-corrected chi connectivity index (χ0v) is 21.7. The van der Waals surface area contributed by atoms with Gasteiger partial charge in [-0.05, 0) is 31.9 Å². The van der Waals surface area contributed by atoms with E-state index in [4.69, 9.17) is 4.74 Å². The van der Waals surface area contributed by atoms with Crippen LogP contribution in [0.5, 0.6) is 0 Å². The Balaban J connectivity index is 1.32. The monoisotopic (exact) mass is 543 g/mol. The Hall–Kier alpha value is -3.28. The first-order valence-electron chi connectivity index (χ1n) is 13.1. The van der Waals surface area contributed by atoms with E-state index in [1.54, 1.807) is 36.4 Å². The minimum absolute atomic E-state index is 0.0400. The summed E-state index contributed by atoms with van der Waals surface area (Å²) < 4.78 is 46.5. The molecule has 3 aromatic rings. The molecule has 1 aromatic carbocycles. The van der Waals surface area contributed by atoms with E-state index in [0.717, 1.165) is 19.2 Å². The number of rotatable bonds is 7. The maximum atomic E-state index is 14.8. The summed E-state index contributed by atoms with van der Waals surface area (Å²) in [6.07, 6.45) is 0.927. The van der Waals surface area contributed by atoms with Gasteiger partial charge in [-0.3, -0.25) is 19.7 Å². The first-order chi connectivity index (χ1) is 18.7. The number of halogens is 3. The third-order valence-electron chi connectivity index (χ3n) is 7.64. The van der Waals surface area contributed by atoms with E-state index in [1.165, 1.54) is 12.1 Å². The molecule has 0 spiro atoms. The first-order valence-corrected chi connectivity index (χ1v) is 13.1. The Bertz CT molecular complexity index is 1330. The van der Waals surface area contributed by atoms with Crippen LogP contribution < -0.4 is 5.32 Å². The maximum Gasteiger partial charge on any atom is 0.266 e. The van der Waals surface area contributed by atoms with Crippen molar-refractivity contribution in [2.45, 2.75) is 37.8 Å². The van der Waals surface area contributed by atoms with Gasteiger partial charge in [-0.1, -0.05) is 18.2 Å². The van der Waals surface area contributed by atoms with Crippen molar-refractivity contribution in [2.24, 2.45) is 0 Å². The van der Waals surface area contributed by atoms with Crippen LogP contribution in [0.4, 0.5) is 18.9 Å². The average molecular weight is 544 g/mol. The number of morpholine rings is 1. The van der Waals surface area contributed by atoms with Crippen molar-refractivity contribution in [3.63, 3.8) is 0 Å². The number of piperidine rings is 1. The fourth-order valence-electron chi connectivity index (χ4n) is 5.24. The number of nitrogens with one attached hydrogen (secondary N) is 1. The number of carbonyl (C=O) groups excluding carboxylic acids is 1. The fraction of sp³-hybridized carbons (Fsp3) is 0.464. The van der Waals surface area contributed by atoms with Crippen LogP contribution in [0.25, 0.3) is 10.9 Å². The zero-order valence-electron chi connectivity index (χ0n) is 21.7. The second-order valence-electron chi connectivity index (χ2n) is 10.2. The topological polar surface area (TPSA) is 90.8 Å². The minimum atomic E-state index is -2.91. The van der Waals surface area contributed by atoms with Gasteiger partial charge in [0, 0.05) is 49.0 Å². The highest BCUT2D eigenvalue weighted by Crippen LogP contribution is 2.35. The molecular formula is C28H32F3N5O3. The van der Waals surface area contributed by atoms with Crippen LogP contribution in [-0.4, -0.2) is 76.7 Å². The molecule has 2 saturated heterocycles. The van der Waals surface area contributed by atoms with E-state index < -0.39 is 29.4 Å². The number of likely N-dealkylation sites (tertiary alicyclic amines) is 1. The summed E-state index contributed by atoms with van der Waals surface area (Å²) in [5, 5.41) is 15.4.